The number of carbonyl (C=O) groups excluding carboxylic acids is 1. The molecule has 0 radical (unpaired) electrons. The molecule has 0 saturated heterocycles. The summed E-state index contributed by atoms with van der Waals surface area (Å²) >= 11 is 0. The Morgan fingerprint density at radius 2 is 1.84 bits per heavy atom. The summed E-state index contributed by atoms with van der Waals surface area (Å²) in [4.78, 5) is 25.8. The summed E-state index contributed by atoms with van der Waals surface area (Å²) in [6.45, 7) is 1.99. The topological polar surface area (TPSA) is 79.2 Å². The number of amides is 1. The number of hydrogen-bond acceptors (Lipinski definition) is 6. The second-order valence-corrected chi connectivity index (χ2v) is 8.47. The highest BCUT2D eigenvalue weighted by atomic mass is 16.2. The zero-order valence-electron chi connectivity index (χ0n) is 18.2. The lowest BCUT2D eigenvalue weighted by Gasteiger charge is -2.22. The van der Waals surface area contributed by atoms with Crippen LogP contribution in [0, 0.1) is 6.92 Å². The minimum atomic E-state index is -0.0673. The molecule has 0 atom stereocenters. The maximum atomic E-state index is 13.0. The minimum absolute atomic E-state index is 0.0673. The molecule has 1 aromatic carbocycles. The van der Waals surface area contributed by atoms with E-state index in [2.05, 4.69) is 20.1 Å². The number of benzene rings is 1. The molecule has 1 fully saturated rings. The van der Waals surface area contributed by atoms with Gasteiger partial charge in [-0.15, -0.1) is 0 Å². The molecule has 1 saturated carbocycles. The molecule has 31 heavy (non-hydrogen) atoms. The SMILES string of the molecule is Cc1ccc2c(c1)C(=O)N(C)c1cnc(Nc3cnn(C4CCCCC4)c3)nc1N2C. The third-order valence-corrected chi connectivity index (χ3v) is 6.28. The van der Waals surface area contributed by atoms with Crippen molar-refractivity contribution in [2.45, 2.75) is 45.1 Å². The monoisotopic (exact) mass is 417 g/mol. The van der Waals surface area contributed by atoms with Gasteiger partial charge in [-0.2, -0.15) is 10.1 Å². The van der Waals surface area contributed by atoms with E-state index in [9.17, 15) is 4.79 Å². The van der Waals surface area contributed by atoms with E-state index in [1.165, 1.54) is 32.1 Å². The van der Waals surface area contributed by atoms with E-state index >= 15 is 0 Å². The molecule has 2 aromatic heterocycles. The van der Waals surface area contributed by atoms with Gasteiger partial charge in [0.2, 0.25) is 5.95 Å². The van der Waals surface area contributed by atoms with Gasteiger partial charge < -0.3 is 15.1 Å². The molecule has 0 spiro atoms. The molecule has 0 bridgehead atoms. The molecule has 0 unspecified atom stereocenters. The van der Waals surface area contributed by atoms with Crippen molar-refractivity contribution in [2.24, 2.45) is 0 Å². The lowest BCUT2D eigenvalue weighted by molar-refractivity contribution is 0.0994. The Kier molecular flexibility index (Phi) is 4.84. The Morgan fingerprint density at radius 3 is 2.65 bits per heavy atom. The van der Waals surface area contributed by atoms with E-state index in [0.717, 1.165) is 16.9 Å². The van der Waals surface area contributed by atoms with Gasteiger partial charge in [0.15, 0.2) is 5.82 Å². The van der Waals surface area contributed by atoms with Crippen LogP contribution in [0.3, 0.4) is 0 Å². The Labute approximate surface area is 181 Å². The van der Waals surface area contributed by atoms with Gasteiger partial charge in [0.1, 0.15) is 5.69 Å². The molecule has 8 nitrogen and oxygen atoms in total. The van der Waals surface area contributed by atoms with E-state index in [0.29, 0.717) is 29.1 Å². The highest BCUT2D eigenvalue weighted by Crippen LogP contribution is 2.38. The Balaban J connectivity index is 1.45. The standard InChI is InChI=1S/C23H27N7O/c1-15-9-10-19-18(11-15)22(31)29(3)20-13-24-23(27-21(20)28(19)2)26-16-12-25-30(14-16)17-7-5-4-6-8-17/h9-14,17H,4-8H2,1-3H3,(H,24,26,27). The summed E-state index contributed by atoms with van der Waals surface area (Å²) in [6.07, 6.45) is 11.8. The highest BCUT2D eigenvalue weighted by molar-refractivity contribution is 6.13. The first kappa shape index (κ1) is 19.5. The van der Waals surface area contributed by atoms with Crippen molar-refractivity contribution in [2.75, 3.05) is 29.2 Å². The van der Waals surface area contributed by atoms with Gasteiger partial charge in [-0.05, 0) is 31.9 Å². The molecule has 1 amide bonds. The van der Waals surface area contributed by atoms with Gasteiger partial charge in [-0.3, -0.25) is 9.48 Å². The van der Waals surface area contributed by atoms with Gasteiger partial charge >= 0.3 is 0 Å². The van der Waals surface area contributed by atoms with E-state index in [1.54, 1.807) is 18.1 Å². The van der Waals surface area contributed by atoms with Gasteiger partial charge in [0.05, 0.1) is 35.4 Å². The van der Waals surface area contributed by atoms with Crippen molar-refractivity contribution in [3.8, 4) is 0 Å². The quantitative estimate of drug-likeness (QED) is 0.672. The molecule has 5 rings (SSSR count). The van der Waals surface area contributed by atoms with Crippen molar-refractivity contribution in [3.63, 3.8) is 0 Å². The Morgan fingerprint density at radius 1 is 1.03 bits per heavy atom. The molecule has 1 aliphatic heterocycles. The third-order valence-electron chi connectivity index (χ3n) is 6.28. The predicted molar refractivity (Wildman–Crippen MR) is 122 cm³/mol. The van der Waals surface area contributed by atoms with Gasteiger partial charge in [-0.1, -0.05) is 30.9 Å². The van der Waals surface area contributed by atoms with Crippen LogP contribution in [-0.2, 0) is 0 Å². The lowest BCUT2D eigenvalue weighted by atomic mass is 9.96. The summed E-state index contributed by atoms with van der Waals surface area (Å²) in [5.41, 5.74) is 4.07. The number of hydrogen-bond donors (Lipinski definition) is 1. The van der Waals surface area contributed by atoms with Gasteiger partial charge in [-0.25, -0.2) is 4.98 Å². The normalized spacial score (nSPS) is 16.7. The van der Waals surface area contributed by atoms with Gasteiger partial charge in [0, 0.05) is 20.3 Å². The Bertz CT molecular complexity index is 1130. The van der Waals surface area contributed by atoms with Crippen LogP contribution in [0.4, 0.5) is 28.8 Å². The van der Waals surface area contributed by atoms with Crippen LogP contribution in [0.15, 0.2) is 36.8 Å². The van der Waals surface area contributed by atoms with Crippen molar-refractivity contribution in [1.29, 1.82) is 0 Å². The number of fused-ring (bicyclic) bond motifs is 2. The van der Waals surface area contributed by atoms with Crippen LogP contribution in [0.5, 0.6) is 0 Å². The molecule has 1 aliphatic carbocycles. The molecule has 2 aliphatic rings. The van der Waals surface area contributed by atoms with Crippen molar-refractivity contribution >= 4 is 34.7 Å². The maximum absolute atomic E-state index is 13.0. The van der Waals surface area contributed by atoms with E-state index < -0.39 is 0 Å². The molecule has 160 valence electrons. The van der Waals surface area contributed by atoms with Crippen molar-refractivity contribution < 1.29 is 4.79 Å². The average molecular weight is 418 g/mol. The number of anilines is 5. The van der Waals surface area contributed by atoms with Crippen LogP contribution < -0.4 is 15.1 Å². The summed E-state index contributed by atoms with van der Waals surface area (Å²) in [5, 5.41) is 7.83. The first-order chi connectivity index (χ1) is 15.0. The zero-order chi connectivity index (χ0) is 21.5. The smallest absolute Gasteiger partial charge is 0.260 e. The number of carbonyl (C=O) groups is 1. The third kappa shape index (κ3) is 3.52. The van der Waals surface area contributed by atoms with Crippen LogP contribution in [-0.4, -0.2) is 39.8 Å². The number of nitrogens with zero attached hydrogens (tertiary/aromatic N) is 6. The lowest BCUT2D eigenvalue weighted by Crippen LogP contribution is -2.25. The largest absolute Gasteiger partial charge is 0.327 e. The second kappa shape index (κ2) is 7.68. The highest BCUT2D eigenvalue weighted by Gasteiger charge is 2.29. The van der Waals surface area contributed by atoms with Crippen LogP contribution in [0.2, 0.25) is 0 Å². The average Bonchev–Trinajstić information content (AvgIpc) is 3.24. The van der Waals surface area contributed by atoms with E-state index in [1.807, 2.05) is 49.5 Å². The Hall–Kier alpha value is -3.42. The van der Waals surface area contributed by atoms with E-state index in [-0.39, 0.29) is 5.91 Å². The fourth-order valence-corrected chi connectivity index (χ4v) is 4.50. The molecule has 8 heteroatoms. The summed E-state index contributed by atoms with van der Waals surface area (Å²) in [6, 6.07) is 6.37. The maximum Gasteiger partial charge on any atom is 0.260 e. The van der Waals surface area contributed by atoms with Crippen molar-refractivity contribution in [1.82, 2.24) is 19.7 Å². The number of aromatic nitrogens is 4. The minimum Gasteiger partial charge on any atom is -0.327 e. The number of nitrogens with one attached hydrogen (secondary N) is 1. The van der Waals surface area contributed by atoms with Gasteiger partial charge in [0.25, 0.3) is 5.91 Å². The fourth-order valence-electron chi connectivity index (χ4n) is 4.50. The zero-order valence-corrected chi connectivity index (χ0v) is 18.2. The number of rotatable bonds is 3. The summed E-state index contributed by atoms with van der Waals surface area (Å²) in [7, 11) is 3.69. The summed E-state index contributed by atoms with van der Waals surface area (Å²) in [5.74, 6) is 1.09. The molecule has 3 heterocycles. The fraction of sp³-hybridized carbons (Fsp3) is 0.391. The number of aryl methyl sites for hydroxylation is 1. The second-order valence-electron chi connectivity index (χ2n) is 8.47. The van der Waals surface area contributed by atoms with Crippen LogP contribution in [0.1, 0.15) is 54.1 Å². The first-order valence-corrected chi connectivity index (χ1v) is 10.8. The van der Waals surface area contributed by atoms with Crippen LogP contribution >= 0.6 is 0 Å². The summed E-state index contributed by atoms with van der Waals surface area (Å²) < 4.78 is 2.06. The molecular weight excluding hydrogens is 390 g/mol. The predicted octanol–water partition coefficient (Wildman–Crippen LogP) is 4.59. The van der Waals surface area contributed by atoms with Crippen LogP contribution in [0.25, 0.3) is 0 Å². The molecular formula is C23H27N7O. The first-order valence-electron chi connectivity index (χ1n) is 10.8. The molecule has 3 aromatic rings. The van der Waals surface area contributed by atoms with E-state index in [4.69, 9.17) is 4.98 Å². The molecule has 1 N–H and O–H groups in total. The van der Waals surface area contributed by atoms with Crippen molar-refractivity contribution in [3.05, 3.63) is 47.9 Å².